The molecule has 0 unspecified atom stereocenters. The van der Waals surface area contributed by atoms with Crippen molar-refractivity contribution in [2.75, 3.05) is 20.1 Å². The molecule has 0 bridgehead atoms. The Labute approximate surface area is 150 Å². The molecule has 0 spiro atoms. The van der Waals surface area contributed by atoms with Crippen molar-refractivity contribution in [2.24, 2.45) is 0 Å². The molecule has 1 amide bonds. The molecule has 130 valence electrons. The van der Waals surface area contributed by atoms with E-state index in [9.17, 15) is 13.2 Å². The summed E-state index contributed by atoms with van der Waals surface area (Å²) in [4.78, 5) is 15.6. The number of fused-ring (bicyclic) bond motifs is 1. The van der Waals surface area contributed by atoms with Gasteiger partial charge < -0.3 is 4.90 Å². The van der Waals surface area contributed by atoms with E-state index >= 15 is 0 Å². The summed E-state index contributed by atoms with van der Waals surface area (Å²) < 4.78 is 26.3. The van der Waals surface area contributed by atoms with Crippen LogP contribution in [0.4, 0.5) is 0 Å². The van der Waals surface area contributed by atoms with E-state index in [-0.39, 0.29) is 5.91 Å². The van der Waals surface area contributed by atoms with E-state index in [0.717, 1.165) is 13.0 Å². The van der Waals surface area contributed by atoms with Crippen molar-refractivity contribution in [3.63, 3.8) is 0 Å². The van der Waals surface area contributed by atoms with Gasteiger partial charge in [-0.1, -0.05) is 6.07 Å². The van der Waals surface area contributed by atoms with Gasteiger partial charge in [0.1, 0.15) is 4.21 Å². The number of hydrogen-bond donors (Lipinski definition) is 0. The number of rotatable bonds is 6. The lowest BCUT2D eigenvalue weighted by Gasteiger charge is -2.27. The van der Waals surface area contributed by atoms with Gasteiger partial charge in [-0.15, -0.1) is 22.7 Å². The summed E-state index contributed by atoms with van der Waals surface area (Å²) in [5.74, 6) is 0.105. The summed E-state index contributed by atoms with van der Waals surface area (Å²) in [6.07, 6.45) is 1.84. The van der Waals surface area contributed by atoms with Crippen LogP contribution in [0.25, 0.3) is 0 Å². The molecule has 1 aliphatic heterocycles. The van der Waals surface area contributed by atoms with E-state index in [2.05, 4.69) is 11.4 Å². The molecule has 0 saturated heterocycles. The topological polar surface area (TPSA) is 57.7 Å². The molecule has 8 heteroatoms. The van der Waals surface area contributed by atoms with Gasteiger partial charge in [0.25, 0.3) is 10.0 Å². The van der Waals surface area contributed by atoms with Gasteiger partial charge in [0.15, 0.2) is 0 Å². The number of sulfonamides is 1. The Bertz CT molecular complexity index is 796. The Balaban J connectivity index is 1.49. The minimum absolute atomic E-state index is 0.105. The summed E-state index contributed by atoms with van der Waals surface area (Å²) in [5, 5.41) is 3.82. The summed E-state index contributed by atoms with van der Waals surface area (Å²) in [7, 11) is -1.86. The van der Waals surface area contributed by atoms with Gasteiger partial charge in [0.2, 0.25) is 5.91 Å². The molecule has 0 saturated carbocycles. The maximum absolute atomic E-state index is 12.4. The van der Waals surface area contributed by atoms with E-state index in [1.54, 1.807) is 35.9 Å². The molecule has 5 nitrogen and oxygen atoms in total. The molecule has 0 atom stereocenters. The van der Waals surface area contributed by atoms with Gasteiger partial charge in [-0.3, -0.25) is 4.79 Å². The van der Waals surface area contributed by atoms with Crippen LogP contribution in [0, 0.1) is 0 Å². The number of nitrogens with zero attached hydrogens (tertiary/aromatic N) is 2. The molecule has 0 radical (unpaired) electrons. The van der Waals surface area contributed by atoms with Crippen LogP contribution in [0.15, 0.2) is 33.2 Å². The lowest BCUT2D eigenvalue weighted by molar-refractivity contribution is -0.132. The zero-order valence-electron chi connectivity index (χ0n) is 13.5. The van der Waals surface area contributed by atoms with Crippen LogP contribution in [0.2, 0.25) is 0 Å². The van der Waals surface area contributed by atoms with E-state index < -0.39 is 10.0 Å². The Morgan fingerprint density at radius 3 is 2.88 bits per heavy atom. The summed E-state index contributed by atoms with van der Waals surface area (Å²) >= 11 is 2.96. The summed E-state index contributed by atoms with van der Waals surface area (Å²) in [6, 6.07) is 5.42. The fourth-order valence-electron chi connectivity index (χ4n) is 2.76. The average molecular weight is 385 g/mol. The largest absolute Gasteiger partial charge is 0.338 e. The molecule has 2 aromatic heterocycles. The van der Waals surface area contributed by atoms with Gasteiger partial charge in [0.05, 0.1) is 0 Å². The van der Waals surface area contributed by atoms with Crippen LogP contribution in [0.1, 0.15) is 23.3 Å². The maximum Gasteiger partial charge on any atom is 0.252 e. The molecule has 0 fully saturated rings. The van der Waals surface area contributed by atoms with Crippen LogP contribution in [-0.2, 0) is 27.8 Å². The SMILES string of the molecule is CN(CCCC(=O)N1CCc2sccc2C1)S(=O)(=O)c1cccs1. The predicted molar refractivity (Wildman–Crippen MR) is 96.8 cm³/mol. The van der Waals surface area contributed by atoms with E-state index in [1.807, 2.05) is 4.90 Å². The van der Waals surface area contributed by atoms with Crippen LogP contribution >= 0.6 is 22.7 Å². The molecule has 3 rings (SSSR count). The molecular formula is C16H20N2O3S3. The second kappa shape index (κ2) is 7.35. The second-order valence-electron chi connectivity index (χ2n) is 5.80. The quantitative estimate of drug-likeness (QED) is 0.769. The molecule has 0 aromatic carbocycles. The van der Waals surface area contributed by atoms with E-state index in [1.165, 1.54) is 26.1 Å². The number of carbonyl (C=O) groups excluding carboxylic acids is 1. The van der Waals surface area contributed by atoms with Crippen molar-refractivity contribution in [2.45, 2.75) is 30.0 Å². The van der Waals surface area contributed by atoms with Crippen LogP contribution < -0.4 is 0 Å². The highest BCUT2D eigenvalue weighted by molar-refractivity contribution is 7.91. The minimum atomic E-state index is -3.42. The third-order valence-corrected chi connectivity index (χ3v) is 8.44. The molecule has 2 aromatic rings. The second-order valence-corrected chi connectivity index (χ2v) is 10.0. The van der Waals surface area contributed by atoms with Crippen molar-refractivity contribution in [1.29, 1.82) is 0 Å². The molecule has 24 heavy (non-hydrogen) atoms. The number of amides is 1. The summed E-state index contributed by atoms with van der Waals surface area (Å²) in [5.41, 5.74) is 1.25. The highest BCUT2D eigenvalue weighted by Gasteiger charge is 2.23. The molecular weight excluding hydrogens is 364 g/mol. The van der Waals surface area contributed by atoms with Crippen LogP contribution in [0.5, 0.6) is 0 Å². The molecule has 3 heterocycles. The fourth-order valence-corrected chi connectivity index (χ4v) is 6.06. The highest BCUT2D eigenvalue weighted by atomic mass is 32.2. The van der Waals surface area contributed by atoms with Gasteiger partial charge >= 0.3 is 0 Å². The zero-order chi connectivity index (χ0) is 17.2. The Morgan fingerprint density at radius 1 is 1.29 bits per heavy atom. The Hall–Kier alpha value is -1.22. The molecule has 1 aliphatic rings. The van der Waals surface area contributed by atoms with Crippen molar-refractivity contribution in [1.82, 2.24) is 9.21 Å². The standard InChI is InChI=1S/C16H20N2O3S3/c1-17(24(20,21)16-5-3-10-23-16)8-2-4-15(19)18-9-6-14-13(12-18)7-11-22-14/h3,5,7,10-11H,2,4,6,8-9,12H2,1H3. The Morgan fingerprint density at radius 2 is 2.12 bits per heavy atom. The monoisotopic (exact) mass is 384 g/mol. The number of hydrogen-bond acceptors (Lipinski definition) is 5. The Kier molecular flexibility index (Phi) is 5.39. The van der Waals surface area contributed by atoms with Crippen molar-refractivity contribution < 1.29 is 13.2 Å². The minimum Gasteiger partial charge on any atom is -0.338 e. The summed E-state index contributed by atoms with van der Waals surface area (Å²) in [6.45, 7) is 1.79. The van der Waals surface area contributed by atoms with E-state index in [0.29, 0.717) is 30.1 Å². The highest BCUT2D eigenvalue weighted by Crippen LogP contribution is 2.24. The van der Waals surface area contributed by atoms with Crippen molar-refractivity contribution in [3.05, 3.63) is 39.4 Å². The van der Waals surface area contributed by atoms with Gasteiger partial charge in [0, 0.05) is 38.0 Å². The third kappa shape index (κ3) is 3.72. The smallest absolute Gasteiger partial charge is 0.252 e. The first-order chi connectivity index (χ1) is 11.5. The zero-order valence-corrected chi connectivity index (χ0v) is 15.9. The van der Waals surface area contributed by atoms with Crippen LogP contribution in [0.3, 0.4) is 0 Å². The van der Waals surface area contributed by atoms with Gasteiger partial charge in [-0.2, -0.15) is 0 Å². The normalized spacial score (nSPS) is 14.8. The van der Waals surface area contributed by atoms with Crippen LogP contribution in [-0.4, -0.2) is 43.7 Å². The van der Waals surface area contributed by atoms with Gasteiger partial charge in [-0.25, -0.2) is 12.7 Å². The maximum atomic E-state index is 12.4. The number of carbonyl (C=O) groups is 1. The lowest BCUT2D eigenvalue weighted by atomic mass is 10.1. The fraction of sp³-hybridized carbons (Fsp3) is 0.438. The number of thiophene rings is 2. The predicted octanol–water partition coefficient (Wildman–Crippen LogP) is 2.80. The first-order valence-corrected chi connectivity index (χ1v) is 11.0. The third-order valence-electron chi connectivity index (χ3n) is 4.18. The molecule has 0 N–H and O–H groups in total. The first kappa shape index (κ1) is 17.6. The first-order valence-electron chi connectivity index (χ1n) is 7.81. The van der Waals surface area contributed by atoms with Crippen molar-refractivity contribution >= 4 is 38.6 Å². The average Bonchev–Trinajstić information content (AvgIpc) is 3.25. The van der Waals surface area contributed by atoms with Crippen molar-refractivity contribution in [3.8, 4) is 0 Å². The van der Waals surface area contributed by atoms with E-state index in [4.69, 9.17) is 0 Å². The van der Waals surface area contributed by atoms with Gasteiger partial charge in [-0.05, 0) is 41.3 Å². The lowest BCUT2D eigenvalue weighted by Crippen LogP contribution is -2.36. The molecule has 0 aliphatic carbocycles.